The van der Waals surface area contributed by atoms with Crippen molar-refractivity contribution in [3.8, 4) is 0 Å². The molecule has 0 radical (unpaired) electrons. The highest BCUT2D eigenvalue weighted by molar-refractivity contribution is 5.85. The number of carbonyl (C=O) groups excluding carboxylic acids is 1. The fraction of sp³-hybridized carbons (Fsp3) is 0.583. The van der Waals surface area contributed by atoms with Gasteiger partial charge in [-0.15, -0.1) is 0 Å². The van der Waals surface area contributed by atoms with Gasteiger partial charge in [0.2, 0.25) is 5.91 Å². The van der Waals surface area contributed by atoms with Crippen LogP contribution in [0.2, 0.25) is 0 Å². The molecule has 1 atom stereocenters. The summed E-state index contributed by atoms with van der Waals surface area (Å²) in [7, 11) is 0. The summed E-state index contributed by atoms with van der Waals surface area (Å²) in [6, 6.07) is 1.65. The highest BCUT2D eigenvalue weighted by Crippen LogP contribution is 2.15. The average molecular weight is 249 g/mol. The minimum atomic E-state index is -0.201. The van der Waals surface area contributed by atoms with Gasteiger partial charge in [-0.25, -0.2) is 9.97 Å². The molecular formula is C12H19N5O. The number of rotatable bonds is 3. The Kier molecular flexibility index (Phi) is 4.09. The zero-order valence-electron chi connectivity index (χ0n) is 10.8. The van der Waals surface area contributed by atoms with E-state index >= 15 is 0 Å². The summed E-state index contributed by atoms with van der Waals surface area (Å²) in [5.41, 5.74) is 0. The molecule has 1 amide bonds. The molecule has 98 valence electrons. The Morgan fingerprint density at radius 1 is 1.67 bits per heavy atom. The van der Waals surface area contributed by atoms with Crippen LogP contribution in [-0.2, 0) is 4.79 Å². The molecule has 2 N–H and O–H groups in total. The Bertz CT molecular complexity index is 423. The molecule has 1 saturated heterocycles. The standard InChI is InChI=1S/C12H19N5O/c1-3-14-12(18)10-8-13-6-7-17(10)11-4-5-15-9(2)16-11/h4-5,10,13H,3,6-8H2,1-2H3,(H,14,18). The lowest BCUT2D eigenvalue weighted by molar-refractivity contribution is -0.122. The lowest BCUT2D eigenvalue weighted by Gasteiger charge is -2.35. The fourth-order valence-electron chi connectivity index (χ4n) is 2.11. The van der Waals surface area contributed by atoms with Crippen molar-refractivity contribution < 1.29 is 4.79 Å². The smallest absolute Gasteiger partial charge is 0.244 e. The Hall–Kier alpha value is -1.69. The van der Waals surface area contributed by atoms with Crippen molar-refractivity contribution in [1.82, 2.24) is 20.6 Å². The number of hydrogen-bond acceptors (Lipinski definition) is 5. The van der Waals surface area contributed by atoms with Crippen LogP contribution in [-0.4, -0.2) is 48.1 Å². The minimum absolute atomic E-state index is 0.0426. The van der Waals surface area contributed by atoms with Crippen LogP contribution in [0.4, 0.5) is 5.82 Å². The van der Waals surface area contributed by atoms with E-state index in [9.17, 15) is 4.79 Å². The second-order valence-corrected chi connectivity index (χ2v) is 4.27. The van der Waals surface area contributed by atoms with E-state index in [1.807, 2.05) is 24.8 Å². The number of aryl methyl sites for hydroxylation is 1. The molecule has 1 unspecified atom stereocenters. The van der Waals surface area contributed by atoms with E-state index in [-0.39, 0.29) is 11.9 Å². The van der Waals surface area contributed by atoms with Gasteiger partial charge in [0.15, 0.2) is 0 Å². The highest BCUT2D eigenvalue weighted by Gasteiger charge is 2.29. The third kappa shape index (κ3) is 2.76. The van der Waals surface area contributed by atoms with Crippen molar-refractivity contribution in [2.45, 2.75) is 19.9 Å². The summed E-state index contributed by atoms with van der Waals surface area (Å²) in [5.74, 6) is 1.59. The number of piperazine rings is 1. The maximum Gasteiger partial charge on any atom is 0.244 e. The molecule has 1 fully saturated rings. The van der Waals surface area contributed by atoms with Crippen LogP contribution >= 0.6 is 0 Å². The first-order valence-corrected chi connectivity index (χ1v) is 6.27. The van der Waals surface area contributed by atoms with Crippen molar-refractivity contribution in [1.29, 1.82) is 0 Å². The van der Waals surface area contributed by atoms with Gasteiger partial charge >= 0.3 is 0 Å². The maximum atomic E-state index is 12.0. The van der Waals surface area contributed by atoms with Crippen molar-refractivity contribution >= 4 is 11.7 Å². The number of likely N-dealkylation sites (N-methyl/N-ethyl adjacent to an activating group) is 1. The summed E-state index contributed by atoms with van der Waals surface area (Å²) < 4.78 is 0. The Morgan fingerprint density at radius 2 is 2.50 bits per heavy atom. The zero-order valence-corrected chi connectivity index (χ0v) is 10.8. The van der Waals surface area contributed by atoms with Crippen LogP contribution in [0.25, 0.3) is 0 Å². The number of carbonyl (C=O) groups is 1. The fourth-order valence-corrected chi connectivity index (χ4v) is 2.11. The molecule has 1 aromatic heterocycles. The average Bonchev–Trinajstić information content (AvgIpc) is 2.39. The van der Waals surface area contributed by atoms with Gasteiger partial charge in [-0.05, 0) is 19.9 Å². The van der Waals surface area contributed by atoms with Crippen LogP contribution in [0.3, 0.4) is 0 Å². The number of amides is 1. The minimum Gasteiger partial charge on any atom is -0.355 e. The molecule has 1 aliphatic rings. The Balaban J connectivity index is 2.20. The molecule has 6 nitrogen and oxygen atoms in total. The molecule has 1 aliphatic heterocycles. The zero-order chi connectivity index (χ0) is 13.0. The number of anilines is 1. The first-order chi connectivity index (χ1) is 8.72. The predicted molar refractivity (Wildman–Crippen MR) is 69.5 cm³/mol. The largest absolute Gasteiger partial charge is 0.355 e. The molecular weight excluding hydrogens is 230 g/mol. The molecule has 18 heavy (non-hydrogen) atoms. The maximum absolute atomic E-state index is 12.0. The third-order valence-corrected chi connectivity index (χ3v) is 2.95. The molecule has 0 aliphatic carbocycles. The van der Waals surface area contributed by atoms with Crippen LogP contribution in [0.1, 0.15) is 12.7 Å². The highest BCUT2D eigenvalue weighted by atomic mass is 16.2. The van der Waals surface area contributed by atoms with Crippen LogP contribution in [0.15, 0.2) is 12.3 Å². The van der Waals surface area contributed by atoms with Crippen molar-refractivity contribution in [2.75, 3.05) is 31.1 Å². The molecule has 6 heteroatoms. The lowest BCUT2D eigenvalue weighted by atomic mass is 10.1. The molecule has 0 aromatic carbocycles. The number of nitrogens with zero attached hydrogens (tertiary/aromatic N) is 3. The number of hydrogen-bond donors (Lipinski definition) is 2. The summed E-state index contributed by atoms with van der Waals surface area (Å²) in [6.45, 7) is 6.71. The Labute approximate surface area is 107 Å². The van der Waals surface area contributed by atoms with E-state index in [0.29, 0.717) is 13.1 Å². The summed E-state index contributed by atoms with van der Waals surface area (Å²) >= 11 is 0. The molecule has 0 spiro atoms. The predicted octanol–water partition coefficient (Wildman–Crippen LogP) is -0.301. The molecule has 2 rings (SSSR count). The van der Waals surface area contributed by atoms with Crippen LogP contribution in [0, 0.1) is 6.92 Å². The van der Waals surface area contributed by atoms with E-state index in [1.54, 1.807) is 6.20 Å². The first kappa shape index (κ1) is 12.8. The SMILES string of the molecule is CCNC(=O)C1CNCCN1c1ccnc(C)n1. The van der Waals surface area contributed by atoms with Gasteiger partial charge in [0.25, 0.3) is 0 Å². The van der Waals surface area contributed by atoms with Gasteiger partial charge in [0.1, 0.15) is 17.7 Å². The van der Waals surface area contributed by atoms with E-state index in [0.717, 1.165) is 24.7 Å². The van der Waals surface area contributed by atoms with E-state index in [4.69, 9.17) is 0 Å². The van der Waals surface area contributed by atoms with Gasteiger partial charge in [-0.2, -0.15) is 0 Å². The molecule has 1 aromatic rings. The summed E-state index contributed by atoms with van der Waals surface area (Å²) in [4.78, 5) is 22.6. The van der Waals surface area contributed by atoms with Crippen molar-refractivity contribution in [2.24, 2.45) is 0 Å². The second kappa shape index (κ2) is 5.77. The van der Waals surface area contributed by atoms with Crippen LogP contribution < -0.4 is 15.5 Å². The van der Waals surface area contributed by atoms with Gasteiger partial charge in [0, 0.05) is 32.4 Å². The lowest BCUT2D eigenvalue weighted by Crippen LogP contribution is -2.58. The van der Waals surface area contributed by atoms with E-state index in [2.05, 4.69) is 20.6 Å². The number of nitrogens with one attached hydrogen (secondary N) is 2. The van der Waals surface area contributed by atoms with Crippen molar-refractivity contribution in [3.63, 3.8) is 0 Å². The van der Waals surface area contributed by atoms with E-state index < -0.39 is 0 Å². The van der Waals surface area contributed by atoms with Gasteiger partial charge in [-0.3, -0.25) is 4.79 Å². The normalized spacial score (nSPS) is 19.7. The van der Waals surface area contributed by atoms with Gasteiger partial charge < -0.3 is 15.5 Å². The molecule has 2 heterocycles. The van der Waals surface area contributed by atoms with Gasteiger partial charge in [-0.1, -0.05) is 0 Å². The third-order valence-electron chi connectivity index (χ3n) is 2.95. The second-order valence-electron chi connectivity index (χ2n) is 4.27. The quantitative estimate of drug-likeness (QED) is 0.769. The van der Waals surface area contributed by atoms with E-state index in [1.165, 1.54) is 0 Å². The topological polar surface area (TPSA) is 70.2 Å². The first-order valence-electron chi connectivity index (χ1n) is 6.27. The number of aromatic nitrogens is 2. The monoisotopic (exact) mass is 249 g/mol. The Morgan fingerprint density at radius 3 is 3.22 bits per heavy atom. The van der Waals surface area contributed by atoms with Crippen molar-refractivity contribution in [3.05, 3.63) is 18.1 Å². The summed E-state index contributed by atoms with van der Waals surface area (Å²) in [5, 5.41) is 6.11. The molecule has 0 bridgehead atoms. The summed E-state index contributed by atoms with van der Waals surface area (Å²) in [6.07, 6.45) is 1.73. The van der Waals surface area contributed by atoms with Crippen LogP contribution in [0.5, 0.6) is 0 Å². The molecule has 0 saturated carbocycles. The van der Waals surface area contributed by atoms with Gasteiger partial charge in [0.05, 0.1) is 0 Å².